The first-order valence-electron chi connectivity index (χ1n) is 8.59. The monoisotopic (exact) mass is 323 g/mol. The van der Waals surface area contributed by atoms with Gasteiger partial charge in [-0.25, -0.2) is 0 Å². The zero-order valence-electron chi connectivity index (χ0n) is 15.3. The molecule has 0 aliphatic heterocycles. The average molecular weight is 323 g/mol. The molecule has 23 heavy (non-hydrogen) atoms. The van der Waals surface area contributed by atoms with E-state index in [2.05, 4.69) is 44.7 Å². The number of rotatable bonds is 11. The normalized spacial score (nSPS) is 14.3. The number of hydrogen-bond donors (Lipinski definition) is 1. The van der Waals surface area contributed by atoms with E-state index >= 15 is 0 Å². The molecule has 0 heterocycles. The van der Waals surface area contributed by atoms with E-state index in [1.54, 1.807) is 7.11 Å². The minimum atomic E-state index is -0.457. The van der Waals surface area contributed by atoms with Crippen molar-refractivity contribution in [3.8, 4) is 5.75 Å². The highest BCUT2D eigenvalue weighted by atomic mass is 16.5. The fraction of sp³-hybridized carbons (Fsp3) is 0.684. The van der Waals surface area contributed by atoms with Gasteiger partial charge in [-0.1, -0.05) is 32.9 Å². The van der Waals surface area contributed by atoms with Gasteiger partial charge in [0.1, 0.15) is 5.75 Å². The van der Waals surface area contributed by atoms with Crippen LogP contribution in [0, 0.1) is 5.92 Å². The minimum Gasteiger partial charge on any atom is -0.497 e. The fourth-order valence-corrected chi connectivity index (χ4v) is 2.39. The summed E-state index contributed by atoms with van der Waals surface area (Å²) >= 11 is 0. The lowest BCUT2D eigenvalue weighted by atomic mass is 10.1. The van der Waals surface area contributed by atoms with E-state index in [1.807, 2.05) is 12.1 Å². The summed E-state index contributed by atoms with van der Waals surface area (Å²) in [7, 11) is 1.67. The van der Waals surface area contributed by atoms with Crippen molar-refractivity contribution < 1.29 is 14.6 Å². The van der Waals surface area contributed by atoms with E-state index in [-0.39, 0.29) is 0 Å². The van der Waals surface area contributed by atoms with Gasteiger partial charge in [0.2, 0.25) is 0 Å². The first-order valence-corrected chi connectivity index (χ1v) is 8.59. The lowest BCUT2D eigenvalue weighted by Gasteiger charge is -2.30. The molecule has 0 aromatic heterocycles. The topological polar surface area (TPSA) is 41.9 Å². The van der Waals surface area contributed by atoms with E-state index in [0.717, 1.165) is 18.7 Å². The molecule has 4 nitrogen and oxygen atoms in total. The van der Waals surface area contributed by atoms with Crippen molar-refractivity contribution in [1.82, 2.24) is 4.90 Å². The third-order valence-corrected chi connectivity index (χ3v) is 3.97. The molecule has 0 saturated heterocycles. The average Bonchev–Trinajstić information content (AvgIpc) is 2.53. The Kier molecular flexibility index (Phi) is 9.22. The Labute approximate surface area is 141 Å². The maximum absolute atomic E-state index is 10.3. The molecule has 1 N–H and O–H groups in total. The van der Waals surface area contributed by atoms with E-state index in [9.17, 15) is 5.11 Å². The molecule has 0 fully saturated rings. The Balaban J connectivity index is 2.57. The summed E-state index contributed by atoms with van der Waals surface area (Å²) in [6, 6.07) is 8.53. The van der Waals surface area contributed by atoms with Crippen LogP contribution >= 0.6 is 0 Å². The van der Waals surface area contributed by atoms with Crippen LogP contribution in [0.1, 0.15) is 39.7 Å². The van der Waals surface area contributed by atoms with Crippen LogP contribution in [0.2, 0.25) is 0 Å². The van der Waals surface area contributed by atoms with E-state index < -0.39 is 6.10 Å². The van der Waals surface area contributed by atoms with Crippen molar-refractivity contribution in [3.63, 3.8) is 0 Å². The third kappa shape index (κ3) is 7.82. The molecule has 0 bridgehead atoms. The molecule has 132 valence electrons. The lowest BCUT2D eigenvalue weighted by molar-refractivity contribution is 0.000120. The smallest absolute Gasteiger partial charge is 0.118 e. The molecule has 2 atom stereocenters. The van der Waals surface area contributed by atoms with Gasteiger partial charge in [0.25, 0.3) is 0 Å². The molecule has 0 aliphatic carbocycles. The van der Waals surface area contributed by atoms with Gasteiger partial charge in [0.05, 0.1) is 19.8 Å². The first-order chi connectivity index (χ1) is 11.0. The number of methoxy groups -OCH3 is 1. The predicted molar refractivity (Wildman–Crippen MR) is 94.8 cm³/mol. The van der Waals surface area contributed by atoms with Crippen molar-refractivity contribution in [3.05, 3.63) is 29.8 Å². The van der Waals surface area contributed by atoms with Gasteiger partial charge in [-0.05, 0) is 37.0 Å². The number of aliphatic hydroxyl groups is 1. The summed E-state index contributed by atoms with van der Waals surface area (Å²) in [5, 5.41) is 10.3. The van der Waals surface area contributed by atoms with Crippen molar-refractivity contribution in [2.24, 2.45) is 5.92 Å². The molecule has 0 radical (unpaired) electrons. The predicted octanol–water partition coefficient (Wildman–Crippen LogP) is 3.33. The van der Waals surface area contributed by atoms with Crippen LogP contribution in [-0.2, 0) is 11.3 Å². The molecule has 0 saturated carbocycles. The van der Waals surface area contributed by atoms with Crippen LogP contribution < -0.4 is 4.74 Å². The summed E-state index contributed by atoms with van der Waals surface area (Å²) in [6.45, 7) is 11.1. The van der Waals surface area contributed by atoms with Crippen LogP contribution in [0.5, 0.6) is 5.75 Å². The van der Waals surface area contributed by atoms with Crippen molar-refractivity contribution in [1.29, 1.82) is 0 Å². The number of aliphatic hydroxyl groups excluding tert-OH is 1. The molecule has 0 aliphatic rings. The van der Waals surface area contributed by atoms with Crippen LogP contribution in [0.25, 0.3) is 0 Å². The third-order valence-electron chi connectivity index (χ3n) is 3.97. The van der Waals surface area contributed by atoms with Crippen molar-refractivity contribution in [2.45, 2.75) is 52.8 Å². The minimum absolute atomic E-state index is 0.397. The van der Waals surface area contributed by atoms with Crippen molar-refractivity contribution >= 4 is 0 Å². The molecule has 4 heteroatoms. The Hall–Kier alpha value is -1.10. The Morgan fingerprint density at radius 1 is 1.09 bits per heavy atom. The highest BCUT2D eigenvalue weighted by Gasteiger charge is 2.17. The highest BCUT2D eigenvalue weighted by molar-refractivity contribution is 5.27. The second kappa shape index (κ2) is 10.6. The maximum atomic E-state index is 10.3. The van der Waals surface area contributed by atoms with Crippen LogP contribution in [0.15, 0.2) is 24.3 Å². The lowest BCUT2D eigenvalue weighted by Crippen LogP contribution is -2.40. The van der Waals surface area contributed by atoms with Crippen LogP contribution in [-0.4, -0.2) is 49.0 Å². The standard InChI is InChI=1S/C19H33NO3/c1-6-16(4)20(12-18(21)14-23-13-15(2)3)11-17-7-9-19(22-5)10-8-17/h7-10,15-16,18,21H,6,11-14H2,1-5H3/t16-,18-/m1/s1. The second-order valence-corrected chi connectivity index (χ2v) is 6.62. The Morgan fingerprint density at radius 2 is 1.74 bits per heavy atom. The van der Waals surface area contributed by atoms with Gasteiger partial charge in [0.15, 0.2) is 0 Å². The molecule has 1 rings (SSSR count). The molecular formula is C19H33NO3. The largest absolute Gasteiger partial charge is 0.497 e. The second-order valence-electron chi connectivity index (χ2n) is 6.62. The van der Waals surface area contributed by atoms with Crippen LogP contribution in [0.3, 0.4) is 0 Å². The number of nitrogens with zero attached hydrogens (tertiary/aromatic N) is 1. The molecular weight excluding hydrogens is 290 g/mol. The molecule has 0 unspecified atom stereocenters. The van der Waals surface area contributed by atoms with Crippen molar-refractivity contribution in [2.75, 3.05) is 26.9 Å². The van der Waals surface area contributed by atoms with E-state index in [0.29, 0.717) is 31.7 Å². The zero-order chi connectivity index (χ0) is 17.2. The summed E-state index contributed by atoms with van der Waals surface area (Å²) in [5.74, 6) is 1.36. The summed E-state index contributed by atoms with van der Waals surface area (Å²) < 4.78 is 10.8. The van der Waals surface area contributed by atoms with E-state index in [1.165, 1.54) is 5.56 Å². The summed E-state index contributed by atoms with van der Waals surface area (Å²) in [4.78, 5) is 2.31. The van der Waals surface area contributed by atoms with E-state index in [4.69, 9.17) is 9.47 Å². The fourth-order valence-electron chi connectivity index (χ4n) is 2.39. The Morgan fingerprint density at radius 3 is 2.26 bits per heavy atom. The molecule has 1 aromatic carbocycles. The Bertz CT molecular complexity index is 419. The van der Waals surface area contributed by atoms with Gasteiger partial charge in [-0.3, -0.25) is 4.90 Å². The number of ether oxygens (including phenoxy) is 2. The van der Waals surface area contributed by atoms with Gasteiger partial charge in [0, 0.05) is 25.7 Å². The summed E-state index contributed by atoms with van der Waals surface area (Å²) in [6.07, 6.45) is 0.594. The molecule has 0 spiro atoms. The molecule has 0 amide bonds. The quantitative estimate of drug-likeness (QED) is 0.678. The first kappa shape index (κ1) is 19.9. The van der Waals surface area contributed by atoms with Gasteiger partial charge in [-0.2, -0.15) is 0 Å². The maximum Gasteiger partial charge on any atom is 0.118 e. The van der Waals surface area contributed by atoms with Gasteiger partial charge >= 0.3 is 0 Å². The SMILES string of the molecule is CC[C@@H](C)N(Cc1ccc(OC)cc1)C[C@@H](O)COCC(C)C. The summed E-state index contributed by atoms with van der Waals surface area (Å²) in [5.41, 5.74) is 1.22. The highest BCUT2D eigenvalue weighted by Crippen LogP contribution is 2.15. The van der Waals surface area contributed by atoms with Gasteiger partial charge < -0.3 is 14.6 Å². The molecule has 1 aromatic rings. The number of benzene rings is 1. The van der Waals surface area contributed by atoms with Crippen LogP contribution in [0.4, 0.5) is 0 Å². The van der Waals surface area contributed by atoms with Gasteiger partial charge in [-0.15, -0.1) is 0 Å². The zero-order valence-corrected chi connectivity index (χ0v) is 15.3. The number of hydrogen-bond acceptors (Lipinski definition) is 4.